The van der Waals surface area contributed by atoms with Crippen LogP contribution < -0.4 is 0 Å². The first-order valence-corrected chi connectivity index (χ1v) is 5.38. The van der Waals surface area contributed by atoms with Gasteiger partial charge in [-0.15, -0.1) is 0 Å². The van der Waals surface area contributed by atoms with Crippen molar-refractivity contribution in [2.45, 2.75) is 32.6 Å². The van der Waals surface area contributed by atoms with Crippen molar-refractivity contribution < 1.29 is 19.4 Å². The van der Waals surface area contributed by atoms with Gasteiger partial charge >= 0.3 is 0 Å². The van der Waals surface area contributed by atoms with Crippen molar-refractivity contribution in [1.82, 2.24) is 0 Å². The third kappa shape index (κ3) is 2.51. The molecule has 0 amide bonds. The molecule has 0 aliphatic heterocycles. The number of Topliss-reactive ketones (excluding diaryl/α,β-unsaturated/α-hetero) is 1. The molecule has 0 unspecified atom stereocenters. The van der Waals surface area contributed by atoms with Crippen molar-refractivity contribution in [3.63, 3.8) is 0 Å². The molecular formula is C12H16O4. The second-order valence-corrected chi connectivity index (χ2v) is 3.69. The summed E-state index contributed by atoms with van der Waals surface area (Å²) >= 11 is 0. The van der Waals surface area contributed by atoms with E-state index in [1.165, 1.54) is 7.11 Å². The number of ketones is 2. The van der Waals surface area contributed by atoms with Gasteiger partial charge < -0.3 is 9.84 Å². The zero-order valence-electron chi connectivity index (χ0n) is 9.58. The fourth-order valence-electron chi connectivity index (χ4n) is 1.59. The molecule has 0 saturated heterocycles. The molecule has 0 radical (unpaired) electrons. The van der Waals surface area contributed by atoms with Crippen LogP contribution in [-0.2, 0) is 14.3 Å². The lowest BCUT2D eigenvalue weighted by molar-refractivity contribution is -0.119. The summed E-state index contributed by atoms with van der Waals surface area (Å²) < 4.78 is 4.80. The molecule has 16 heavy (non-hydrogen) atoms. The minimum absolute atomic E-state index is 0.00861. The van der Waals surface area contributed by atoms with Gasteiger partial charge in [-0.3, -0.25) is 9.59 Å². The third-order valence-electron chi connectivity index (χ3n) is 2.53. The first-order valence-electron chi connectivity index (χ1n) is 5.38. The van der Waals surface area contributed by atoms with Crippen LogP contribution in [0.5, 0.6) is 0 Å². The first kappa shape index (κ1) is 12.5. The number of hydrogen-bond donors (Lipinski definition) is 1. The Morgan fingerprint density at radius 3 is 2.56 bits per heavy atom. The van der Waals surface area contributed by atoms with Crippen LogP contribution in [0.3, 0.4) is 0 Å². The number of methoxy groups -OCH3 is 1. The molecule has 0 aromatic rings. The Balaban J connectivity index is 2.83. The average Bonchev–Trinajstić information content (AvgIpc) is 2.28. The Bertz CT molecular complexity index is 363. The van der Waals surface area contributed by atoms with Crippen molar-refractivity contribution in [1.29, 1.82) is 0 Å². The van der Waals surface area contributed by atoms with E-state index >= 15 is 0 Å². The highest BCUT2D eigenvalue weighted by atomic mass is 16.5. The molecule has 1 aliphatic carbocycles. The summed E-state index contributed by atoms with van der Waals surface area (Å²) in [5, 5.41) is 9.53. The molecule has 4 nitrogen and oxygen atoms in total. The van der Waals surface area contributed by atoms with Crippen molar-refractivity contribution in [2.75, 3.05) is 7.11 Å². The molecule has 0 spiro atoms. The van der Waals surface area contributed by atoms with Gasteiger partial charge in [0.15, 0.2) is 11.5 Å². The van der Waals surface area contributed by atoms with Gasteiger partial charge in [0, 0.05) is 11.6 Å². The second kappa shape index (κ2) is 5.49. The third-order valence-corrected chi connectivity index (χ3v) is 2.53. The minimum Gasteiger partial charge on any atom is -0.504 e. The lowest BCUT2D eigenvalue weighted by Crippen LogP contribution is -2.20. The minimum atomic E-state index is -0.553. The molecule has 1 N–H and O–H groups in total. The number of aliphatic hydroxyl groups is 1. The van der Waals surface area contributed by atoms with E-state index in [2.05, 4.69) is 0 Å². The zero-order chi connectivity index (χ0) is 12.1. The molecule has 4 heteroatoms. The molecule has 0 aromatic heterocycles. The van der Waals surface area contributed by atoms with Crippen LogP contribution in [0.25, 0.3) is 0 Å². The summed E-state index contributed by atoms with van der Waals surface area (Å²) in [6.07, 6.45) is 4.21. The van der Waals surface area contributed by atoms with Gasteiger partial charge in [-0.1, -0.05) is 19.8 Å². The summed E-state index contributed by atoms with van der Waals surface area (Å²) in [5.74, 6) is -1.35. The molecular weight excluding hydrogens is 208 g/mol. The summed E-state index contributed by atoms with van der Waals surface area (Å²) in [6.45, 7) is 2.04. The van der Waals surface area contributed by atoms with Crippen LogP contribution >= 0.6 is 0 Å². The lowest BCUT2D eigenvalue weighted by Gasteiger charge is -2.14. The number of hydrogen-bond acceptors (Lipinski definition) is 4. The van der Waals surface area contributed by atoms with Gasteiger partial charge in [-0.05, 0) is 12.8 Å². The summed E-state index contributed by atoms with van der Waals surface area (Å²) in [7, 11) is 1.34. The van der Waals surface area contributed by atoms with Gasteiger partial charge in [-0.2, -0.15) is 0 Å². The van der Waals surface area contributed by atoms with Crippen LogP contribution in [0, 0.1) is 0 Å². The fraction of sp³-hybridized carbons (Fsp3) is 0.500. The van der Waals surface area contributed by atoms with Gasteiger partial charge in [0.25, 0.3) is 0 Å². The van der Waals surface area contributed by atoms with E-state index in [4.69, 9.17) is 4.74 Å². The Morgan fingerprint density at radius 2 is 2.00 bits per heavy atom. The molecule has 0 fully saturated rings. The zero-order valence-corrected chi connectivity index (χ0v) is 9.58. The van der Waals surface area contributed by atoms with Crippen molar-refractivity contribution in [3.8, 4) is 0 Å². The van der Waals surface area contributed by atoms with Crippen molar-refractivity contribution >= 4 is 11.6 Å². The maximum Gasteiger partial charge on any atom is 0.227 e. The second-order valence-electron chi connectivity index (χ2n) is 3.69. The molecule has 88 valence electrons. The highest BCUT2D eigenvalue weighted by Gasteiger charge is 2.28. The molecule has 0 aromatic carbocycles. The molecule has 0 heterocycles. The monoisotopic (exact) mass is 224 g/mol. The Morgan fingerprint density at radius 1 is 1.31 bits per heavy atom. The summed E-state index contributed by atoms with van der Waals surface area (Å²) in [4.78, 5) is 23.1. The standard InChI is InChI=1S/C12H16O4/c1-3-4-5-6-8-11(14)9(13)7-10(16-2)12(8)15/h7,14H,3-6H2,1-2H3. The smallest absolute Gasteiger partial charge is 0.227 e. The van der Waals surface area contributed by atoms with E-state index in [0.717, 1.165) is 25.3 Å². The number of carbonyl (C=O) groups is 2. The molecule has 0 bridgehead atoms. The SMILES string of the molecule is CCCCCC1=C(O)C(=O)C=C(OC)C1=O. The van der Waals surface area contributed by atoms with Crippen LogP contribution in [-0.4, -0.2) is 23.8 Å². The van der Waals surface area contributed by atoms with Crippen molar-refractivity contribution in [3.05, 3.63) is 23.2 Å². The first-order chi connectivity index (χ1) is 7.61. The number of rotatable bonds is 5. The maximum atomic E-state index is 11.7. The van der Waals surface area contributed by atoms with Gasteiger partial charge in [0.2, 0.25) is 11.6 Å². The van der Waals surface area contributed by atoms with Crippen LogP contribution in [0.4, 0.5) is 0 Å². The van der Waals surface area contributed by atoms with Crippen LogP contribution in [0.2, 0.25) is 0 Å². The Hall–Kier alpha value is -1.58. The maximum absolute atomic E-state index is 11.7. The number of carbonyl (C=O) groups excluding carboxylic acids is 2. The van der Waals surface area contributed by atoms with E-state index in [9.17, 15) is 14.7 Å². The van der Waals surface area contributed by atoms with E-state index in [1.54, 1.807) is 0 Å². The van der Waals surface area contributed by atoms with Gasteiger partial charge in [0.1, 0.15) is 0 Å². The Labute approximate surface area is 94.6 Å². The summed E-state index contributed by atoms with van der Waals surface area (Å²) in [6, 6.07) is 0. The molecule has 0 saturated carbocycles. The lowest BCUT2D eigenvalue weighted by atomic mass is 9.95. The van der Waals surface area contributed by atoms with Gasteiger partial charge in [0.05, 0.1) is 7.11 Å². The Kier molecular flexibility index (Phi) is 4.28. The number of allylic oxidation sites excluding steroid dienone is 2. The predicted molar refractivity (Wildman–Crippen MR) is 58.9 cm³/mol. The summed E-state index contributed by atoms with van der Waals surface area (Å²) in [5.41, 5.74) is 0.179. The van der Waals surface area contributed by atoms with E-state index in [1.807, 2.05) is 6.92 Å². The largest absolute Gasteiger partial charge is 0.504 e. The average molecular weight is 224 g/mol. The quantitative estimate of drug-likeness (QED) is 0.573. The number of ether oxygens (including phenoxy) is 1. The van der Waals surface area contributed by atoms with E-state index < -0.39 is 11.5 Å². The van der Waals surface area contributed by atoms with E-state index in [0.29, 0.717) is 6.42 Å². The van der Waals surface area contributed by atoms with E-state index in [-0.39, 0.29) is 17.1 Å². The van der Waals surface area contributed by atoms with Crippen LogP contribution in [0.1, 0.15) is 32.6 Å². The van der Waals surface area contributed by atoms with Crippen LogP contribution in [0.15, 0.2) is 23.2 Å². The highest BCUT2D eigenvalue weighted by Crippen LogP contribution is 2.22. The highest BCUT2D eigenvalue weighted by molar-refractivity contribution is 6.20. The predicted octanol–water partition coefficient (Wildman–Crippen LogP) is 2.06. The normalized spacial score (nSPS) is 16.5. The molecule has 1 rings (SSSR count). The van der Waals surface area contributed by atoms with Crippen molar-refractivity contribution in [2.24, 2.45) is 0 Å². The molecule has 1 aliphatic rings. The molecule has 0 atom stereocenters. The number of unbranched alkanes of at least 4 members (excludes halogenated alkanes) is 2. The fourth-order valence-corrected chi connectivity index (χ4v) is 1.59. The number of aliphatic hydroxyl groups excluding tert-OH is 1. The van der Waals surface area contributed by atoms with Gasteiger partial charge in [-0.25, -0.2) is 0 Å². The topological polar surface area (TPSA) is 63.6 Å².